The Morgan fingerprint density at radius 2 is 1.80 bits per heavy atom. The van der Waals surface area contributed by atoms with Gasteiger partial charge in [0.25, 0.3) is 5.91 Å². The summed E-state index contributed by atoms with van der Waals surface area (Å²) in [6.07, 6.45) is 0.508. The van der Waals surface area contributed by atoms with Gasteiger partial charge < -0.3 is 9.80 Å². The number of piperazine rings is 1. The Balaban J connectivity index is 2.03. The van der Waals surface area contributed by atoms with Gasteiger partial charge in [-0.3, -0.25) is 9.59 Å². The second-order valence-electron chi connectivity index (χ2n) is 4.79. The molecule has 1 aromatic heterocycles. The Hall–Kier alpha value is -1.62. The predicted octanol–water partition coefficient (Wildman–Crippen LogP) is 1.74. The highest BCUT2D eigenvalue weighted by Gasteiger charge is 2.25. The monoisotopic (exact) mass is 295 g/mol. The lowest BCUT2D eigenvalue weighted by atomic mass is 10.1. The Morgan fingerprint density at radius 3 is 2.35 bits per heavy atom. The van der Waals surface area contributed by atoms with Crippen LogP contribution in [-0.4, -0.2) is 52.8 Å². The molecule has 0 spiro atoms. The Kier molecular flexibility index (Phi) is 4.60. The van der Waals surface area contributed by atoms with Gasteiger partial charge in [0.1, 0.15) is 5.15 Å². The summed E-state index contributed by atoms with van der Waals surface area (Å²) in [6, 6.07) is 3.33. The van der Waals surface area contributed by atoms with Gasteiger partial charge in [0.15, 0.2) is 0 Å². The zero-order valence-corrected chi connectivity index (χ0v) is 12.5. The van der Waals surface area contributed by atoms with Gasteiger partial charge in [-0.2, -0.15) is 0 Å². The Morgan fingerprint density at radius 1 is 1.20 bits per heavy atom. The fraction of sp³-hybridized carbons (Fsp3) is 0.500. The van der Waals surface area contributed by atoms with E-state index in [9.17, 15) is 9.59 Å². The van der Waals surface area contributed by atoms with Crippen LogP contribution in [0, 0.1) is 6.92 Å². The molecule has 6 heteroatoms. The molecule has 0 bridgehead atoms. The second-order valence-corrected chi connectivity index (χ2v) is 5.18. The zero-order chi connectivity index (χ0) is 14.7. The van der Waals surface area contributed by atoms with E-state index in [-0.39, 0.29) is 11.8 Å². The lowest BCUT2D eigenvalue weighted by Crippen LogP contribution is -2.50. The number of aryl methyl sites for hydroxylation is 1. The maximum atomic E-state index is 12.4. The van der Waals surface area contributed by atoms with Crippen molar-refractivity contribution in [1.29, 1.82) is 0 Å². The van der Waals surface area contributed by atoms with Crippen molar-refractivity contribution in [2.45, 2.75) is 20.3 Å². The average Bonchev–Trinajstić information content (AvgIpc) is 2.46. The van der Waals surface area contributed by atoms with Crippen molar-refractivity contribution in [2.75, 3.05) is 26.2 Å². The third kappa shape index (κ3) is 3.10. The van der Waals surface area contributed by atoms with E-state index in [0.29, 0.717) is 49.0 Å². The number of aromatic nitrogens is 1. The van der Waals surface area contributed by atoms with Gasteiger partial charge in [-0.1, -0.05) is 18.5 Å². The Bertz CT molecular complexity index is 525. The summed E-state index contributed by atoms with van der Waals surface area (Å²) in [4.78, 5) is 31.7. The van der Waals surface area contributed by atoms with E-state index < -0.39 is 0 Å². The third-order valence-electron chi connectivity index (χ3n) is 3.50. The summed E-state index contributed by atoms with van der Waals surface area (Å²) in [5, 5.41) is 0.386. The van der Waals surface area contributed by atoms with E-state index in [0.717, 1.165) is 0 Å². The molecule has 1 fully saturated rings. The van der Waals surface area contributed by atoms with Crippen LogP contribution in [0.2, 0.25) is 5.15 Å². The summed E-state index contributed by atoms with van der Waals surface area (Å²) < 4.78 is 0. The van der Waals surface area contributed by atoms with E-state index in [2.05, 4.69) is 4.98 Å². The lowest BCUT2D eigenvalue weighted by molar-refractivity contribution is -0.132. The van der Waals surface area contributed by atoms with E-state index >= 15 is 0 Å². The van der Waals surface area contributed by atoms with Crippen molar-refractivity contribution in [3.63, 3.8) is 0 Å². The Labute approximate surface area is 123 Å². The summed E-state index contributed by atoms with van der Waals surface area (Å²) in [6.45, 7) is 5.94. The van der Waals surface area contributed by atoms with Gasteiger partial charge >= 0.3 is 0 Å². The van der Waals surface area contributed by atoms with Gasteiger partial charge in [-0.25, -0.2) is 4.98 Å². The first kappa shape index (κ1) is 14.8. The number of carbonyl (C=O) groups is 2. The van der Waals surface area contributed by atoms with Crippen molar-refractivity contribution in [3.05, 3.63) is 28.5 Å². The van der Waals surface area contributed by atoms with E-state index in [1.807, 2.05) is 6.92 Å². The first-order valence-electron chi connectivity index (χ1n) is 6.73. The first-order valence-corrected chi connectivity index (χ1v) is 7.11. The minimum absolute atomic E-state index is 0.0461. The molecule has 2 amide bonds. The molecule has 1 saturated heterocycles. The van der Waals surface area contributed by atoms with E-state index in [1.54, 1.807) is 28.9 Å². The molecular formula is C14H18ClN3O2. The minimum Gasteiger partial charge on any atom is -0.339 e. The van der Waals surface area contributed by atoms with Crippen molar-refractivity contribution in [1.82, 2.24) is 14.8 Å². The van der Waals surface area contributed by atoms with Crippen LogP contribution in [0.5, 0.6) is 0 Å². The van der Waals surface area contributed by atoms with Crippen molar-refractivity contribution >= 4 is 23.4 Å². The first-order chi connectivity index (χ1) is 9.52. The van der Waals surface area contributed by atoms with Gasteiger partial charge in [0.05, 0.1) is 11.3 Å². The number of hydrogen-bond acceptors (Lipinski definition) is 3. The topological polar surface area (TPSA) is 53.5 Å². The maximum Gasteiger partial charge on any atom is 0.255 e. The minimum atomic E-state index is -0.0461. The van der Waals surface area contributed by atoms with E-state index in [4.69, 9.17) is 11.6 Å². The maximum absolute atomic E-state index is 12.4. The summed E-state index contributed by atoms with van der Waals surface area (Å²) in [5.74, 6) is 0.0942. The van der Waals surface area contributed by atoms with Crippen LogP contribution in [0.1, 0.15) is 29.4 Å². The molecule has 0 aromatic carbocycles. The summed E-state index contributed by atoms with van der Waals surface area (Å²) >= 11 is 5.80. The van der Waals surface area contributed by atoms with Crippen LogP contribution >= 0.6 is 11.6 Å². The van der Waals surface area contributed by atoms with Gasteiger partial charge in [0.2, 0.25) is 5.91 Å². The molecule has 0 atom stereocenters. The SMILES string of the molecule is CCC(=O)N1CCN(C(=O)c2ccc(Cl)nc2C)CC1. The average molecular weight is 296 g/mol. The molecule has 5 nitrogen and oxygen atoms in total. The fourth-order valence-corrected chi connectivity index (χ4v) is 2.50. The largest absolute Gasteiger partial charge is 0.339 e. The molecule has 0 radical (unpaired) electrons. The molecule has 108 valence electrons. The zero-order valence-electron chi connectivity index (χ0n) is 11.7. The van der Waals surface area contributed by atoms with Crippen LogP contribution in [0.4, 0.5) is 0 Å². The van der Waals surface area contributed by atoms with Gasteiger partial charge in [-0.05, 0) is 19.1 Å². The molecule has 1 aromatic rings. The predicted molar refractivity (Wildman–Crippen MR) is 76.8 cm³/mol. The lowest BCUT2D eigenvalue weighted by Gasteiger charge is -2.34. The van der Waals surface area contributed by atoms with Crippen molar-refractivity contribution in [2.24, 2.45) is 0 Å². The van der Waals surface area contributed by atoms with Crippen LogP contribution < -0.4 is 0 Å². The quantitative estimate of drug-likeness (QED) is 0.781. The molecule has 2 rings (SSSR count). The highest BCUT2D eigenvalue weighted by Crippen LogP contribution is 2.14. The summed E-state index contributed by atoms with van der Waals surface area (Å²) in [7, 11) is 0. The molecule has 1 aliphatic heterocycles. The van der Waals surface area contributed by atoms with Crippen LogP contribution in [0.25, 0.3) is 0 Å². The highest BCUT2D eigenvalue weighted by atomic mass is 35.5. The van der Waals surface area contributed by atoms with Crippen molar-refractivity contribution < 1.29 is 9.59 Å². The van der Waals surface area contributed by atoms with Gasteiger partial charge in [-0.15, -0.1) is 0 Å². The molecule has 0 unspecified atom stereocenters. The van der Waals surface area contributed by atoms with Crippen LogP contribution in [-0.2, 0) is 4.79 Å². The molecule has 0 saturated carbocycles. The second kappa shape index (κ2) is 6.22. The third-order valence-corrected chi connectivity index (χ3v) is 3.71. The van der Waals surface area contributed by atoms with Crippen molar-refractivity contribution in [3.8, 4) is 0 Å². The number of carbonyl (C=O) groups excluding carboxylic acids is 2. The van der Waals surface area contributed by atoms with Gasteiger partial charge in [0, 0.05) is 32.6 Å². The molecule has 0 N–H and O–H groups in total. The van der Waals surface area contributed by atoms with E-state index in [1.165, 1.54) is 0 Å². The molecular weight excluding hydrogens is 278 g/mol. The number of hydrogen-bond donors (Lipinski definition) is 0. The normalized spacial score (nSPS) is 15.3. The standard InChI is InChI=1S/C14H18ClN3O2/c1-3-13(19)17-6-8-18(9-7-17)14(20)11-4-5-12(15)16-10(11)2/h4-5H,3,6-9H2,1-2H3. The summed E-state index contributed by atoms with van der Waals surface area (Å²) in [5.41, 5.74) is 1.21. The number of pyridine rings is 1. The van der Waals surface area contributed by atoms with Crippen LogP contribution in [0.3, 0.4) is 0 Å². The number of nitrogens with zero attached hydrogens (tertiary/aromatic N) is 3. The molecule has 20 heavy (non-hydrogen) atoms. The number of amides is 2. The van der Waals surface area contributed by atoms with Crippen LogP contribution in [0.15, 0.2) is 12.1 Å². The number of halogens is 1. The highest BCUT2D eigenvalue weighted by molar-refractivity contribution is 6.29. The molecule has 0 aliphatic carbocycles. The number of rotatable bonds is 2. The fourth-order valence-electron chi connectivity index (χ4n) is 2.31. The smallest absolute Gasteiger partial charge is 0.255 e. The molecule has 2 heterocycles. The molecule has 1 aliphatic rings.